The molecule has 1 heterocycles. The fourth-order valence-corrected chi connectivity index (χ4v) is 2.60. The van der Waals surface area contributed by atoms with Crippen molar-refractivity contribution in [3.63, 3.8) is 0 Å². The molecule has 0 spiro atoms. The van der Waals surface area contributed by atoms with Crippen molar-refractivity contribution in [2.45, 2.75) is 6.54 Å². The molecule has 2 aromatic rings. The van der Waals surface area contributed by atoms with Crippen molar-refractivity contribution in [2.75, 3.05) is 5.32 Å². The van der Waals surface area contributed by atoms with Gasteiger partial charge in [0.15, 0.2) is 0 Å². The molecule has 0 bridgehead atoms. The number of nitrogens with zero attached hydrogens (tertiary/aromatic N) is 3. The molecule has 0 amide bonds. The average Bonchev–Trinajstić information content (AvgIpc) is 2.64. The van der Waals surface area contributed by atoms with Crippen molar-refractivity contribution in [3.8, 4) is 0 Å². The summed E-state index contributed by atoms with van der Waals surface area (Å²) in [4.78, 5) is 0. The van der Waals surface area contributed by atoms with Crippen LogP contribution in [0.2, 0.25) is 0 Å². The SMILES string of the molecule is Cn1nncc1CNc1c(Br)cccc1Br. The van der Waals surface area contributed by atoms with E-state index < -0.39 is 0 Å². The highest BCUT2D eigenvalue weighted by atomic mass is 79.9. The predicted octanol–water partition coefficient (Wildman–Crippen LogP) is 2.95. The van der Waals surface area contributed by atoms with Crippen LogP contribution < -0.4 is 5.32 Å². The van der Waals surface area contributed by atoms with Gasteiger partial charge in [0.1, 0.15) is 0 Å². The Morgan fingerprint density at radius 3 is 2.56 bits per heavy atom. The average molecular weight is 346 g/mol. The first kappa shape index (κ1) is 11.6. The van der Waals surface area contributed by atoms with Crippen LogP contribution in [0.4, 0.5) is 5.69 Å². The van der Waals surface area contributed by atoms with Crippen molar-refractivity contribution in [1.82, 2.24) is 15.0 Å². The molecule has 16 heavy (non-hydrogen) atoms. The molecule has 0 saturated heterocycles. The minimum atomic E-state index is 0.685. The Bertz CT molecular complexity index is 475. The fourth-order valence-electron chi connectivity index (χ4n) is 1.32. The largest absolute Gasteiger partial charge is 0.378 e. The van der Waals surface area contributed by atoms with E-state index in [1.807, 2.05) is 25.2 Å². The van der Waals surface area contributed by atoms with Crippen LogP contribution in [0, 0.1) is 0 Å². The summed E-state index contributed by atoms with van der Waals surface area (Å²) in [6.45, 7) is 0.685. The van der Waals surface area contributed by atoms with Crippen LogP contribution in [0.1, 0.15) is 5.69 Å². The first-order valence-corrected chi connectivity index (χ1v) is 6.28. The van der Waals surface area contributed by atoms with Gasteiger partial charge in [0.25, 0.3) is 0 Å². The van der Waals surface area contributed by atoms with Crippen LogP contribution in [0.3, 0.4) is 0 Å². The summed E-state index contributed by atoms with van der Waals surface area (Å²) >= 11 is 7.00. The number of para-hydroxylation sites is 1. The maximum atomic E-state index is 3.88. The molecule has 84 valence electrons. The number of halogens is 2. The highest BCUT2D eigenvalue weighted by Gasteiger charge is 2.05. The second-order valence-corrected chi connectivity index (χ2v) is 5.01. The molecular weight excluding hydrogens is 336 g/mol. The summed E-state index contributed by atoms with van der Waals surface area (Å²) in [5.41, 5.74) is 2.06. The lowest BCUT2D eigenvalue weighted by Crippen LogP contribution is -2.06. The lowest BCUT2D eigenvalue weighted by molar-refractivity contribution is 0.683. The molecule has 0 aliphatic heterocycles. The van der Waals surface area contributed by atoms with Gasteiger partial charge < -0.3 is 5.32 Å². The van der Waals surface area contributed by atoms with Crippen molar-refractivity contribution in [1.29, 1.82) is 0 Å². The number of hydrogen-bond acceptors (Lipinski definition) is 3. The molecule has 0 aliphatic rings. The van der Waals surface area contributed by atoms with Gasteiger partial charge in [-0.05, 0) is 44.0 Å². The quantitative estimate of drug-likeness (QED) is 0.930. The summed E-state index contributed by atoms with van der Waals surface area (Å²) in [7, 11) is 1.87. The molecule has 1 aromatic carbocycles. The topological polar surface area (TPSA) is 42.7 Å². The molecule has 2 rings (SSSR count). The van der Waals surface area contributed by atoms with Crippen LogP contribution >= 0.6 is 31.9 Å². The van der Waals surface area contributed by atoms with Crippen molar-refractivity contribution >= 4 is 37.5 Å². The molecule has 1 N–H and O–H groups in total. The molecule has 0 saturated carbocycles. The number of aromatic nitrogens is 3. The zero-order valence-corrected chi connectivity index (χ0v) is 11.8. The van der Waals surface area contributed by atoms with Gasteiger partial charge in [-0.25, -0.2) is 0 Å². The zero-order chi connectivity index (χ0) is 11.5. The van der Waals surface area contributed by atoms with E-state index in [1.165, 1.54) is 0 Å². The number of rotatable bonds is 3. The summed E-state index contributed by atoms with van der Waals surface area (Å²) in [6.07, 6.45) is 1.75. The van der Waals surface area contributed by atoms with Crippen LogP contribution in [-0.4, -0.2) is 15.0 Å². The number of hydrogen-bond donors (Lipinski definition) is 1. The summed E-state index contributed by atoms with van der Waals surface area (Å²) in [5.74, 6) is 0. The van der Waals surface area contributed by atoms with Crippen molar-refractivity contribution < 1.29 is 0 Å². The summed E-state index contributed by atoms with van der Waals surface area (Å²) in [6, 6.07) is 5.97. The third kappa shape index (κ3) is 2.44. The number of aryl methyl sites for hydroxylation is 1. The molecule has 6 heteroatoms. The number of anilines is 1. The van der Waals surface area contributed by atoms with Crippen LogP contribution in [0.25, 0.3) is 0 Å². The van der Waals surface area contributed by atoms with E-state index in [1.54, 1.807) is 10.9 Å². The normalized spacial score (nSPS) is 10.4. The minimum absolute atomic E-state index is 0.685. The van der Waals surface area contributed by atoms with E-state index in [4.69, 9.17) is 0 Å². The lowest BCUT2D eigenvalue weighted by atomic mass is 10.3. The highest BCUT2D eigenvalue weighted by molar-refractivity contribution is 9.11. The zero-order valence-electron chi connectivity index (χ0n) is 8.61. The minimum Gasteiger partial charge on any atom is -0.378 e. The van der Waals surface area contributed by atoms with E-state index in [0.29, 0.717) is 6.54 Å². The Hall–Kier alpha value is -0.880. The lowest BCUT2D eigenvalue weighted by Gasteiger charge is -2.10. The number of nitrogens with one attached hydrogen (secondary N) is 1. The Labute approximate surface area is 110 Å². The standard InChI is InChI=1S/C10H10Br2N4/c1-16-7(6-14-15-16)5-13-10-8(11)3-2-4-9(10)12/h2-4,6,13H,5H2,1H3. The molecule has 1 aromatic heterocycles. The van der Waals surface area contributed by atoms with Gasteiger partial charge in [-0.2, -0.15) is 0 Å². The van der Waals surface area contributed by atoms with Gasteiger partial charge in [-0.3, -0.25) is 4.68 Å². The summed E-state index contributed by atoms with van der Waals surface area (Å²) in [5, 5.41) is 11.0. The predicted molar refractivity (Wildman–Crippen MR) is 70.2 cm³/mol. The second kappa shape index (κ2) is 4.97. The molecule has 0 fully saturated rings. The van der Waals surface area contributed by atoms with Crippen LogP contribution in [0.5, 0.6) is 0 Å². The number of benzene rings is 1. The molecule has 0 atom stereocenters. The van der Waals surface area contributed by atoms with Gasteiger partial charge in [0, 0.05) is 16.0 Å². The second-order valence-electron chi connectivity index (χ2n) is 3.30. The van der Waals surface area contributed by atoms with Gasteiger partial charge >= 0.3 is 0 Å². The molecule has 0 aliphatic carbocycles. The van der Waals surface area contributed by atoms with Crippen LogP contribution in [-0.2, 0) is 13.6 Å². The third-order valence-electron chi connectivity index (χ3n) is 2.22. The first-order valence-electron chi connectivity index (χ1n) is 4.70. The maximum absolute atomic E-state index is 3.88. The first-order chi connectivity index (χ1) is 7.68. The van der Waals surface area contributed by atoms with Crippen molar-refractivity contribution in [3.05, 3.63) is 39.0 Å². The van der Waals surface area contributed by atoms with E-state index in [2.05, 4.69) is 47.5 Å². The van der Waals surface area contributed by atoms with E-state index in [9.17, 15) is 0 Å². The van der Waals surface area contributed by atoms with Crippen LogP contribution in [0.15, 0.2) is 33.3 Å². The highest BCUT2D eigenvalue weighted by Crippen LogP contribution is 2.30. The van der Waals surface area contributed by atoms with E-state index in [0.717, 1.165) is 20.3 Å². The monoisotopic (exact) mass is 344 g/mol. The van der Waals surface area contributed by atoms with E-state index >= 15 is 0 Å². The van der Waals surface area contributed by atoms with Gasteiger partial charge in [-0.15, -0.1) is 5.10 Å². The molecule has 4 nitrogen and oxygen atoms in total. The van der Waals surface area contributed by atoms with Gasteiger partial charge in [-0.1, -0.05) is 11.3 Å². The van der Waals surface area contributed by atoms with Gasteiger partial charge in [0.2, 0.25) is 0 Å². The van der Waals surface area contributed by atoms with Crippen molar-refractivity contribution in [2.24, 2.45) is 7.05 Å². The summed E-state index contributed by atoms with van der Waals surface area (Å²) < 4.78 is 3.80. The Morgan fingerprint density at radius 2 is 2.00 bits per heavy atom. The molecule has 0 radical (unpaired) electrons. The fraction of sp³-hybridized carbons (Fsp3) is 0.200. The van der Waals surface area contributed by atoms with E-state index in [-0.39, 0.29) is 0 Å². The molecule has 0 unspecified atom stereocenters. The third-order valence-corrected chi connectivity index (χ3v) is 3.54. The Kier molecular flexibility index (Phi) is 3.60. The van der Waals surface area contributed by atoms with Gasteiger partial charge in [0.05, 0.1) is 24.1 Å². The Morgan fingerprint density at radius 1 is 1.31 bits per heavy atom. The smallest absolute Gasteiger partial charge is 0.0774 e. The molecular formula is C10H10Br2N4. The Balaban J connectivity index is 2.14. The maximum Gasteiger partial charge on any atom is 0.0774 e.